The monoisotopic (exact) mass is 235 g/mol. The van der Waals surface area contributed by atoms with Crippen LogP contribution in [0.3, 0.4) is 0 Å². The van der Waals surface area contributed by atoms with Gasteiger partial charge in [-0.15, -0.1) is 0 Å². The second kappa shape index (κ2) is 4.13. The van der Waals surface area contributed by atoms with Gasteiger partial charge in [0.15, 0.2) is 6.29 Å². The Bertz CT molecular complexity index is 587. The van der Waals surface area contributed by atoms with Crippen LogP contribution in [-0.4, -0.2) is 10.9 Å². The highest BCUT2D eigenvalue weighted by Gasteiger charge is 2.13. The van der Waals surface area contributed by atoms with Gasteiger partial charge in [0.25, 0.3) is 0 Å². The van der Waals surface area contributed by atoms with Crippen LogP contribution in [0.1, 0.15) is 21.7 Å². The third-order valence-corrected chi connectivity index (χ3v) is 2.75. The van der Waals surface area contributed by atoms with E-state index in [1.165, 1.54) is 4.57 Å². The van der Waals surface area contributed by atoms with Gasteiger partial charge >= 0.3 is 0 Å². The number of halogens is 2. The van der Waals surface area contributed by atoms with Gasteiger partial charge in [-0.05, 0) is 32.0 Å². The van der Waals surface area contributed by atoms with Crippen LogP contribution >= 0.6 is 0 Å². The molecule has 0 aliphatic carbocycles. The van der Waals surface area contributed by atoms with Crippen molar-refractivity contribution >= 4 is 6.29 Å². The highest BCUT2D eigenvalue weighted by molar-refractivity contribution is 5.77. The third-order valence-electron chi connectivity index (χ3n) is 2.75. The van der Waals surface area contributed by atoms with Crippen molar-refractivity contribution in [1.29, 1.82) is 0 Å². The number of aldehydes is 1. The molecular weight excluding hydrogens is 224 g/mol. The first-order valence-corrected chi connectivity index (χ1v) is 5.14. The molecule has 0 amide bonds. The molecule has 0 aliphatic heterocycles. The van der Waals surface area contributed by atoms with Gasteiger partial charge in [-0.1, -0.05) is 0 Å². The Labute approximate surface area is 97.5 Å². The van der Waals surface area contributed by atoms with E-state index in [1.54, 1.807) is 19.9 Å². The van der Waals surface area contributed by atoms with Crippen molar-refractivity contribution in [2.45, 2.75) is 13.8 Å². The molecule has 2 rings (SSSR count). The molecule has 1 aromatic carbocycles. The first-order chi connectivity index (χ1) is 8.04. The molecule has 0 atom stereocenters. The molecule has 0 radical (unpaired) electrons. The Hall–Kier alpha value is -1.97. The average molecular weight is 235 g/mol. The van der Waals surface area contributed by atoms with Gasteiger partial charge in [0.1, 0.15) is 11.6 Å². The molecule has 0 aliphatic rings. The lowest BCUT2D eigenvalue weighted by Crippen LogP contribution is -2.03. The lowest BCUT2D eigenvalue weighted by molar-refractivity contribution is 0.112. The Kier molecular flexibility index (Phi) is 2.79. The van der Waals surface area contributed by atoms with Crippen molar-refractivity contribution in [1.82, 2.24) is 4.57 Å². The molecule has 17 heavy (non-hydrogen) atoms. The summed E-state index contributed by atoms with van der Waals surface area (Å²) in [6, 6.07) is 4.90. The molecule has 2 nitrogen and oxygen atoms in total. The molecule has 0 fully saturated rings. The van der Waals surface area contributed by atoms with Gasteiger partial charge < -0.3 is 4.57 Å². The topological polar surface area (TPSA) is 22.0 Å². The minimum atomic E-state index is -0.523. The minimum Gasteiger partial charge on any atom is -0.315 e. The molecule has 0 saturated heterocycles. The van der Waals surface area contributed by atoms with Gasteiger partial charge in [0.05, 0.1) is 5.69 Å². The van der Waals surface area contributed by atoms with E-state index in [1.807, 2.05) is 0 Å². The van der Waals surface area contributed by atoms with Gasteiger partial charge in [-0.25, -0.2) is 8.78 Å². The molecule has 0 spiro atoms. The molecule has 2 aromatic rings. The molecule has 1 heterocycles. The van der Waals surface area contributed by atoms with Crippen LogP contribution in [-0.2, 0) is 0 Å². The van der Waals surface area contributed by atoms with Crippen LogP contribution in [0.4, 0.5) is 8.78 Å². The highest BCUT2D eigenvalue weighted by atomic mass is 19.1. The first kappa shape index (κ1) is 11.5. The Morgan fingerprint density at radius 2 is 1.88 bits per heavy atom. The Morgan fingerprint density at radius 1 is 1.18 bits per heavy atom. The number of carbonyl (C=O) groups is 1. The summed E-state index contributed by atoms with van der Waals surface area (Å²) >= 11 is 0. The standard InChI is InChI=1S/C13H11F2NO/c1-8-5-10(7-17)9(2)16(8)13-6-11(14)3-4-12(13)15/h3-7H,1-2H3. The van der Waals surface area contributed by atoms with Crippen LogP contribution in [0.2, 0.25) is 0 Å². The van der Waals surface area contributed by atoms with Gasteiger partial charge in [-0.2, -0.15) is 0 Å². The molecule has 88 valence electrons. The summed E-state index contributed by atoms with van der Waals surface area (Å²) in [5, 5.41) is 0. The van der Waals surface area contributed by atoms with Crippen LogP contribution in [0.25, 0.3) is 5.69 Å². The summed E-state index contributed by atoms with van der Waals surface area (Å²) in [6.07, 6.45) is 0.704. The SMILES string of the molecule is Cc1cc(C=O)c(C)n1-c1cc(F)ccc1F. The number of hydrogen-bond donors (Lipinski definition) is 0. The largest absolute Gasteiger partial charge is 0.315 e. The van der Waals surface area contributed by atoms with Gasteiger partial charge in [-0.3, -0.25) is 4.79 Å². The smallest absolute Gasteiger partial charge is 0.151 e. The maximum Gasteiger partial charge on any atom is 0.151 e. The Morgan fingerprint density at radius 3 is 2.47 bits per heavy atom. The van der Waals surface area contributed by atoms with Crippen molar-refractivity contribution in [3.8, 4) is 5.69 Å². The van der Waals surface area contributed by atoms with Crippen molar-refractivity contribution in [2.75, 3.05) is 0 Å². The predicted molar refractivity (Wildman–Crippen MR) is 60.5 cm³/mol. The number of aryl methyl sites for hydroxylation is 1. The normalized spacial score (nSPS) is 10.6. The number of rotatable bonds is 2. The maximum atomic E-state index is 13.7. The van der Waals surface area contributed by atoms with Crippen LogP contribution in [0.15, 0.2) is 24.3 Å². The van der Waals surface area contributed by atoms with E-state index < -0.39 is 11.6 Å². The lowest BCUT2D eigenvalue weighted by atomic mass is 10.2. The second-order valence-electron chi connectivity index (χ2n) is 3.88. The predicted octanol–water partition coefficient (Wildman–Crippen LogP) is 3.18. The molecule has 0 unspecified atom stereocenters. The minimum absolute atomic E-state index is 0.119. The molecule has 4 heteroatoms. The summed E-state index contributed by atoms with van der Waals surface area (Å²) in [4.78, 5) is 10.8. The van der Waals surface area contributed by atoms with E-state index in [0.717, 1.165) is 18.2 Å². The third kappa shape index (κ3) is 1.86. The quantitative estimate of drug-likeness (QED) is 0.733. The van der Waals surface area contributed by atoms with Crippen molar-refractivity contribution < 1.29 is 13.6 Å². The van der Waals surface area contributed by atoms with Crippen LogP contribution in [0, 0.1) is 25.5 Å². The van der Waals surface area contributed by atoms with Gasteiger partial charge in [0.2, 0.25) is 0 Å². The summed E-state index contributed by atoms with van der Waals surface area (Å²) in [7, 11) is 0. The number of hydrogen-bond acceptors (Lipinski definition) is 1. The summed E-state index contributed by atoms with van der Waals surface area (Å²) in [5.74, 6) is -1.03. The number of benzene rings is 1. The van der Waals surface area contributed by atoms with E-state index in [9.17, 15) is 13.6 Å². The van der Waals surface area contributed by atoms with Crippen molar-refractivity contribution in [2.24, 2.45) is 0 Å². The van der Waals surface area contributed by atoms with E-state index in [0.29, 0.717) is 23.2 Å². The van der Waals surface area contributed by atoms with E-state index in [4.69, 9.17) is 0 Å². The summed E-state index contributed by atoms with van der Waals surface area (Å²) in [6.45, 7) is 3.44. The summed E-state index contributed by atoms with van der Waals surface area (Å²) < 4.78 is 28.3. The molecule has 1 aromatic heterocycles. The zero-order valence-corrected chi connectivity index (χ0v) is 9.50. The van der Waals surface area contributed by atoms with Crippen LogP contribution < -0.4 is 0 Å². The fraction of sp³-hybridized carbons (Fsp3) is 0.154. The zero-order valence-electron chi connectivity index (χ0n) is 9.50. The van der Waals surface area contributed by atoms with Crippen LogP contribution in [0.5, 0.6) is 0 Å². The van der Waals surface area contributed by atoms with E-state index in [2.05, 4.69) is 0 Å². The second-order valence-corrected chi connectivity index (χ2v) is 3.88. The molecular formula is C13H11F2NO. The first-order valence-electron chi connectivity index (χ1n) is 5.14. The van der Waals surface area contributed by atoms with E-state index in [-0.39, 0.29) is 5.69 Å². The number of nitrogens with zero attached hydrogens (tertiary/aromatic N) is 1. The fourth-order valence-electron chi connectivity index (χ4n) is 1.93. The fourth-order valence-corrected chi connectivity index (χ4v) is 1.93. The van der Waals surface area contributed by atoms with E-state index >= 15 is 0 Å². The number of aromatic nitrogens is 1. The summed E-state index contributed by atoms with van der Waals surface area (Å²) in [5.41, 5.74) is 1.88. The van der Waals surface area contributed by atoms with Crippen molar-refractivity contribution in [3.63, 3.8) is 0 Å². The van der Waals surface area contributed by atoms with Crippen molar-refractivity contribution in [3.05, 3.63) is 52.9 Å². The Balaban J connectivity index is 2.72. The average Bonchev–Trinajstić information content (AvgIpc) is 2.58. The highest BCUT2D eigenvalue weighted by Crippen LogP contribution is 2.22. The zero-order chi connectivity index (χ0) is 12.6. The molecule has 0 bridgehead atoms. The lowest BCUT2D eigenvalue weighted by Gasteiger charge is -2.10. The maximum absolute atomic E-state index is 13.7. The number of carbonyl (C=O) groups excluding carboxylic acids is 1. The molecule has 0 N–H and O–H groups in total. The van der Waals surface area contributed by atoms with Gasteiger partial charge in [0, 0.05) is 23.0 Å². The molecule has 0 saturated carbocycles.